The van der Waals surface area contributed by atoms with Gasteiger partial charge in [0.1, 0.15) is 11.8 Å². The van der Waals surface area contributed by atoms with Gasteiger partial charge in [0, 0.05) is 25.7 Å². The van der Waals surface area contributed by atoms with Crippen LogP contribution in [0.25, 0.3) is 0 Å². The molecular weight excluding hydrogens is 226 g/mol. The molecule has 1 aliphatic rings. The molecule has 0 aromatic heterocycles. The standard InChI is InChI=1S/C14H19N3O/c1-3-17(13-8-16-9-13)10-11-4-5-14(18-2)12(6-11)7-15/h4-6,13,16H,3,8-10H2,1-2H3. The molecule has 2 rings (SSSR count). The summed E-state index contributed by atoms with van der Waals surface area (Å²) in [6.45, 7) is 6.22. The second kappa shape index (κ2) is 5.85. The van der Waals surface area contributed by atoms with Crippen molar-refractivity contribution in [1.29, 1.82) is 5.26 Å². The fraction of sp³-hybridized carbons (Fsp3) is 0.500. The Morgan fingerprint density at radius 2 is 2.28 bits per heavy atom. The number of hydrogen-bond donors (Lipinski definition) is 1. The molecule has 0 radical (unpaired) electrons. The van der Waals surface area contributed by atoms with E-state index >= 15 is 0 Å². The van der Waals surface area contributed by atoms with Crippen molar-refractivity contribution in [2.45, 2.75) is 19.5 Å². The molecule has 0 atom stereocenters. The number of nitrogens with zero attached hydrogens (tertiary/aromatic N) is 2. The van der Waals surface area contributed by atoms with Crippen molar-refractivity contribution >= 4 is 0 Å². The number of nitrogens with one attached hydrogen (secondary N) is 1. The maximum atomic E-state index is 9.08. The molecule has 1 fully saturated rings. The summed E-state index contributed by atoms with van der Waals surface area (Å²) in [5.74, 6) is 0.648. The lowest BCUT2D eigenvalue weighted by Crippen LogP contribution is -2.56. The molecule has 1 saturated heterocycles. The number of hydrogen-bond acceptors (Lipinski definition) is 4. The van der Waals surface area contributed by atoms with Crippen LogP contribution in [-0.4, -0.2) is 37.7 Å². The van der Waals surface area contributed by atoms with Crippen LogP contribution in [0.3, 0.4) is 0 Å². The molecule has 0 spiro atoms. The Bertz CT molecular complexity index is 449. The number of methoxy groups -OCH3 is 1. The molecule has 1 aromatic rings. The van der Waals surface area contributed by atoms with Gasteiger partial charge in [-0.05, 0) is 24.2 Å². The van der Waals surface area contributed by atoms with E-state index in [0.717, 1.165) is 26.2 Å². The minimum Gasteiger partial charge on any atom is -0.495 e. The maximum Gasteiger partial charge on any atom is 0.136 e. The van der Waals surface area contributed by atoms with Gasteiger partial charge in [0.2, 0.25) is 0 Å². The lowest BCUT2D eigenvalue weighted by Gasteiger charge is -2.37. The molecule has 1 N–H and O–H groups in total. The molecule has 1 aromatic carbocycles. The van der Waals surface area contributed by atoms with Crippen LogP contribution in [0.1, 0.15) is 18.1 Å². The molecule has 18 heavy (non-hydrogen) atoms. The molecule has 0 aliphatic carbocycles. The Hall–Kier alpha value is -1.57. The second-order valence-electron chi connectivity index (χ2n) is 4.52. The predicted octanol–water partition coefficient (Wildman–Crippen LogP) is 1.36. The molecule has 0 amide bonds. The predicted molar refractivity (Wildman–Crippen MR) is 70.5 cm³/mol. The third kappa shape index (κ3) is 2.63. The van der Waals surface area contributed by atoms with Crippen molar-refractivity contribution in [3.63, 3.8) is 0 Å². The third-order valence-electron chi connectivity index (χ3n) is 3.45. The van der Waals surface area contributed by atoms with Gasteiger partial charge in [0.15, 0.2) is 0 Å². The first kappa shape index (κ1) is 12.9. The lowest BCUT2D eigenvalue weighted by atomic mass is 10.1. The number of benzene rings is 1. The Kier molecular flexibility index (Phi) is 4.19. The van der Waals surface area contributed by atoms with Gasteiger partial charge in [0.05, 0.1) is 12.7 Å². The Morgan fingerprint density at radius 1 is 1.50 bits per heavy atom. The summed E-state index contributed by atoms with van der Waals surface area (Å²) in [6, 6.07) is 8.64. The van der Waals surface area contributed by atoms with E-state index in [1.807, 2.05) is 18.2 Å². The molecular formula is C14H19N3O. The largest absolute Gasteiger partial charge is 0.495 e. The van der Waals surface area contributed by atoms with Crippen molar-refractivity contribution in [2.24, 2.45) is 0 Å². The first-order valence-corrected chi connectivity index (χ1v) is 6.30. The van der Waals surface area contributed by atoms with E-state index in [1.54, 1.807) is 7.11 Å². The summed E-state index contributed by atoms with van der Waals surface area (Å²) in [7, 11) is 1.59. The smallest absolute Gasteiger partial charge is 0.136 e. The van der Waals surface area contributed by atoms with E-state index in [2.05, 4.69) is 23.2 Å². The van der Waals surface area contributed by atoms with Gasteiger partial charge in [-0.1, -0.05) is 13.0 Å². The van der Waals surface area contributed by atoms with Gasteiger partial charge in [-0.2, -0.15) is 5.26 Å². The summed E-state index contributed by atoms with van der Waals surface area (Å²) in [5, 5.41) is 12.4. The van der Waals surface area contributed by atoms with E-state index in [-0.39, 0.29) is 0 Å². The average Bonchev–Trinajstić information content (AvgIpc) is 2.35. The van der Waals surface area contributed by atoms with Crippen molar-refractivity contribution < 1.29 is 4.74 Å². The maximum absolute atomic E-state index is 9.08. The van der Waals surface area contributed by atoms with Crippen molar-refractivity contribution in [1.82, 2.24) is 10.2 Å². The van der Waals surface area contributed by atoms with E-state index in [4.69, 9.17) is 10.00 Å². The van der Waals surface area contributed by atoms with Crippen LogP contribution in [0, 0.1) is 11.3 Å². The van der Waals surface area contributed by atoms with Crippen LogP contribution >= 0.6 is 0 Å². The molecule has 4 heteroatoms. The van der Waals surface area contributed by atoms with Crippen LogP contribution in [0.5, 0.6) is 5.75 Å². The second-order valence-corrected chi connectivity index (χ2v) is 4.52. The minimum atomic E-state index is 0.609. The Balaban J connectivity index is 2.11. The summed E-state index contributed by atoms with van der Waals surface area (Å²) < 4.78 is 5.16. The van der Waals surface area contributed by atoms with Gasteiger partial charge in [0.25, 0.3) is 0 Å². The highest BCUT2D eigenvalue weighted by Crippen LogP contribution is 2.20. The van der Waals surface area contributed by atoms with Crippen LogP contribution in [0.4, 0.5) is 0 Å². The topological polar surface area (TPSA) is 48.3 Å². The zero-order valence-electron chi connectivity index (χ0n) is 10.9. The fourth-order valence-electron chi connectivity index (χ4n) is 2.21. The van der Waals surface area contributed by atoms with Gasteiger partial charge in [-0.15, -0.1) is 0 Å². The zero-order valence-corrected chi connectivity index (χ0v) is 10.9. The highest BCUT2D eigenvalue weighted by Gasteiger charge is 2.23. The van der Waals surface area contributed by atoms with E-state index < -0.39 is 0 Å². The number of nitriles is 1. The SMILES string of the molecule is CCN(Cc1ccc(OC)c(C#N)c1)C1CNC1. The van der Waals surface area contributed by atoms with Crippen LogP contribution < -0.4 is 10.1 Å². The first-order valence-electron chi connectivity index (χ1n) is 6.30. The molecule has 0 bridgehead atoms. The fourth-order valence-corrected chi connectivity index (χ4v) is 2.21. The van der Waals surface area contributed by atoms with Crippen molar-refractivity contribution in [2.75, 3.05) is 26.7 Å². The Morgan fingerprint density at radius 3 is 2.78 bits per heavy atom. The number of ether oxygens (including phenoxy) is 1. The van der Waals surface area contributed by atoms with Crippen molar-refractivity contribution in [3.8, 4) is 11.8 Å². The van der Waals surface area contributed by atoms with Crippen LogP contribution in [0.15, 0.2) is 18.2 Å². The van der Waals surface area contributed by atoms with Gasteiger partial charge >= 0.3 is 0 Å². The quantitative estimate of drug-likeness (QED) is 0.851. The molecule has 1 heterocycles. The molecule has 4 nitrogen and oxygen atoms in total. The zero-order chi connectivity index (χ0) is 13.0. The summed E-state index contributed by atoms with van der Waals surface area (Å²) in [5.41, 5.74) is 1.78. The first-order chi connectivity index (χ1) is 8.78. The molecule has 1 aliphatic heterocycles. The number of rotatable bonds is 5. The van der Waals surface area contributed by atoms with Gasteiger partial charge in [-0.25, -0.2) is 0 Å². The Labute approximate surface area is 108 Å². The van der Waals surface area contributed by atoms with Crippen molar-refractivity contribution in [3.05, 3.63) is 29.3 Å². The summed E-state index contributed by atoms with van der Waals surface area (Å²) >= 11 is 0. The number of likely N-dealkylation sites (N-methyl/N-ethyl adjacent to an activating group) is 1. The minimum absolute atomic E-state index is 0.609. The van der Waals surface area contributed by atoms with E-state index in [9.17, 15) is 0 Å². The highest BCUT2D eigenvalue weighted by atomic mass is 16.5. The summed E-state index contributed by atoms with van der Waals surface area (Å²) in [4.78, 5) is 2.43. The molecule has 0 unspecified atom stereocenters. The normalized spacial score (nSPS) is 15.2. The van der Waals surface area contributed by atoms with E-state index in [0.29, 0.717) is 17.4 Å². The highest BCUT2D eigenvalue weighted by molar-refractivity contribution is 5.45. The van der Waals surface area contributed by atoms with Gasteiger partial charge < -0.3 is 10.1 Å². The third-order valence-corrected chi connectivity index (χ3v) is 3.45. The summed E-state index contributed by atoms with van der Waals surface area (Å²) in [6.07, 6.45) is 0. The average molecular weight is 245 g/mol. The van der Waals surface area contributed by atoms with E-state index in [1.165, 1.54) is 5.56 Å². The van der Waals surface area contributed by atoms with Crippen LogP contribution in [-0.2, 0) is 6.54 Å². The lowest BCUT2D eigenvalue weighted by molar-refractivity contribution is 0.145. The van der Waals surface area contributed by atoms with Crippen LogP contribution in [0.2, 0.25) is 0 Å². The molecule has 96 valence electrons. The van der Waals surface area contributed by atoms with Gasteiger partial charge in [-0.3, -0.25) is 4.90 Å². The molecule has 0 saturated carbocycles. The monoisotopic (exact) mass is 245 g/mol.